The molecule has 2 rings (SSSR count). The highest BCUT2D eigenvalue weighted by Gasteiger charge is 2.25. The molecular formula is C15H19FN2O2. The monoisotopic (exact) mass is 278 g/mol. The number of urea groups is 1. The molecule has 1 aromatic rings. The molecule has 1 aliphatic heterocycles. The Bertz CT molecular complexity index is 494. The summed E-state index contributed by atoms with van der Waals surface area (Å²) in [5, 5.41) is 2.69. The summed E-state index contributed by atoms with van der Waals surface area (Å²) in [6.45, 7) is 5.03. The average molecular weight is 278 g/mol. The van der Waals surface area contributed by atoms with Crippen LogP contribution in [-0.4, -0.2) is 36.2 Å². The van der Waals surface area contributed by atoms with Crippen molar-refractivity contribution < 1.29 is 13.9 Å². The van der Waals surface area contributed by atoms with Crippen molar-refractivity contribution in [2.24, 2.45) is 0 Å². The van der Waals surface area contributed by atoms with Gasteiger partial charge in [0, 0.05) is 19.3 Å². The Labute approximate surface area is 118 Å². The number of rotatable bonds is 2. The summed E-state index contributed by atoms with van der Waals surface area (Å²) < 4.78 is 18.6. The summed E-state index contributed by atoms with van der Waals surface area (Å²) in [7, 11) is 0. The molecule has 1 saturated heterocycles. The normalized spacial score (nSPS) is 23.1. The maximum atomic E-state index is 13.0. The Balaban J connectivity index is 1.88. The first-order chi connectivity index (χ1) is 9.54. The van der Waals surface area contributed by atoms with Crippen LogP contribution in [0.5, 0.6) is 0 Å². The van der Waals surface area contributed by atoms with E-state index in [-0.39, 0.29) is 24.1 Å². The second kappa shape index (κ2) is 6.52. The highest BCUT2D eigenvalue weighted by Crippen LogP contribution is 2.10. The fourth-order valence-corrected chi connectivity index (χ4v) is 2.25. The molecule has 0 spiro atoms. The van der Waals surface area contributed by atoms with Gasteiger partial charge in [0.15, 0.2) is 0 Å². The molecule has 0 bridgehead atoms. The molecule has 5 heteroatoms. The molecule has 1 heterocycles. The van der Waals surface area contributed by atoms with Crippen LogP contribution < -0.4 is 5.32 Å². The molecule has 4 nitrogen and oxygen atoms in total. The number of carbonyl (C=O) groups excluding carboxylic acids is 1. The summed E-state index contributed by atoms with van der Waals surface area (Å²) in [6.07, 6.45) is 3.27. The summed E-state index contributed by atoms with van der Waals surface area (Å²) in [6, 6.07) is 6.01. The molecule has 0 aliphatic carbocycles. The van der Waals surface area contributed by atoms with Crippen LogP contribution in [0.2, 0.25) is 0 Å². The number of benzene rings is 1. The van der Waals surface area contributed by atoms with E-state index >= 15 is 0 Å². The van der Waals surface area contributed by atoms with E-state index in [1.54, 1.807) is 23.1 Å². The van der Waals surface area contributed by atoms with Gasteiger partial charge in [0.05, 0.1) is 12.2 Å². The van der Waals surface area contributed by atoms with Gasteiger partial charge in [-0.1, -0.05) is 12.1 Å². The average Bonchev–Trinajstić information content (AvgIpc) is 2.37. The molecule has 0 radical (unpaired) electrons. The van der Waals surface area contributed by atoms with Crippen LogP contribution >= 0.6 is 0 Å². The molecule has 0 aromatic heterocycles. The zero-order valence-corrected chi connectivity index (χ0v) is 11.7. The Morgan fingerprint density at radius 2 is 2.10 bits per heavy atom. The molecule has 2 atom stereocenters. The molecule has 108 valence electrons. The van der Waals surface area contributed by atoms with Crippen molar-refractivity contribution in [3.05, 3.63) is 41.8 Å². The van der Waals surface area contributed by atoms with Crippen molar-refractivity contribution in [1.29, 1.82) is 0 Å². The van der Waals surface area contributed by atoms with E-state index in [2.05, 4.69) is 5.32 Å². The molecule has 1 aromatic carbocycles. The number of amides is 2. The topological polar surface area (TPSA) is 41.6 Å². The Hall–Kier alpha value is -1.88. The molecule has 1 N–H and O–H groups in total. The number of hydrogen-bond donors (Lipinski definition) is 1. The van der Waals surface area contributed by atoms with Gasteiger partial charge in [0.2, 0.25) is 0 Å². The summed E-state index contributed by atoms with van der Waals surface area (Å²) in [5.74, 6) is -0.297. The van der Waals surface area contributed by atoms with Gasteiger partial charge in [-0.15, -0.1) is 0 Å². The predicted octanol–water partition coefficient (Wildman–Crippen LogP) is 2.62. The van der Waals surface area contributed by atoms with Crippen molar-refractivity contribution in [2.45, 2.75) is 26.1 Å². The molecule has 20 heavy (non-hydrogen) atoms. The number of ether oxygens (including phenoxy) is 1. The third-order valence-corrected chi connectivity index (χ3v) is 3.04. The standard InChI is InChI=1S/C15H19FN2O2/c1-11-9-18(10-12(2)20-11)15(19)17-7-6-13-4-3-5-14(16)8-13/h3-8,11-12H,9-10H2,1-2H3,(H,17,19)/b7-6+. The van der Waals surface area contributed by atoms with Crippen molar-refractivity contribution in [3.8, 4) is 0 Å². The minimum atomic E-state index is -0.297. The smallest absolute Gasteiger partial charge is 0.321 e. The lowest BCUT2D eigenvalue weighted by atomic mass is 10.2. The largest absolute Gasteiger partial charge is 0.372 e. The number of hydrogen-bond acceptors (Lipinski definition) is 2. The van der Waals surface area contributed by atoms with E-state index in [0.717, 1.165) is 0 Å². The number of carbonyl (C=O) groups is 1. The van der Waals surface area contributed by atoms with E-state index < -0.39 is 0 Å². The maximum absolute atomic E-state index is 13.0. The van der Waals surface area contributed by atoms with Crippen molar-refractivity contribution in [1.82, 2.24) is 10.2 Å². The fourth-order valence-electron chi connectivity index (χ4n) is 2.25. The van der Waals surface area contributed by atoms with E-state index in [1.165, 1.54) is 18.3 Å². The van der Waals surface area contributed by atoms with Crippen LogP contribution in [0, 0.1) is 5.82 Å². The minimum absolute atomic E-state index is 0.0386. The number of morpholine rings is 1. The molecule has 0 saturated carbocycles. The first kappa shape index (κ1) is 14.5. The highest BCUT2D eigenvalue weighted by atomic mass is 19.1. The molecular weight excluding hydrogens is 259 g/mol. The van der Waals surface area contributed by atoms with Crippen LogP contribution in [0.4, 0.5) is 9.18 Å². The second-order valence-electron chi connectivity index (χ2n) is 5.00. The number of nitrogens with one attached hydrogen (secondary N) is 1. The van der Waals surface area contributed by atoms with Gasteiger partial charge in [-0.25, -0.2) is 9.18 Å². The van der Waals surface area contributed by atoms with Crippen molar-refractivity contribution in [3.63, 3.8) is 0 Å². The Morgan fingerprint density at radius 1 is 1.40 bits per heavy atom. The third-order valence-electron chi connectivity index (χ3n) is 3.04. The van der Waals surface area contributed by atoms with E-state index in [9.17, 15) is 9.18 Å². The summed E-state index contributed by atoms with van der Waals surface area (Å²) in [5.41, 5.74) is 0.703. The van der Waals surface area contributed by atoms with Gasteiger partial charge in [0.25, 0.3) is 0 Å². The zero-order valence-electron chi connectivity index (χ0n) is 11.7. The first-order valence-corrected chi connectivity index (χ1v) is 6.67. The Kier molecular flexibility index (Phi) is 4.74. The maximum Gasteiger partial charge on any atom is 0.321 e. The molecule has 1 aliphatic rings. The van der Waals surface area contributed by atoms with E-state index in [1.807, 2.05) is 13.8 Å². The van der Waals surface area contributed by atoms with Gasteiger partial charge in [-0.2, -0.15) is 0 Å². The van der Waals surface area contributed by atoms with Crippen molar-refractivity contribution >= 4 is 12.1 Å². The molecule has 2 amide bonds. The molecule has 1 fully saturated rings. The van der Waals surface area contributed by atoms with Crippen LogP contribution in [-0.2, 0) is 4.74 Å². The summed E-state index contributed by atoms with van der Waals surface area (Å²) in [4.78, 5) is 13.7. The van der Waals surface area contributed by atoms with Gasteiger partial charge < -0.3 is 15.0 Å². The lowest BCUT2D eigenvalue weighted by Gasteiger charge is -2.34. The highest BCUT2D eigenvalue weighted by molar-refractivity contribution is 5.76. The second-order valence-corrected chi connectivity index (χ2v) is 5.00. The lowest BCUT2D eigenvalue weighted by molar-refractivity contribution is -0.0541. The van der Waals surface area contributed by atoms with Gasteiger partial charge in [-0.05, 0) is 37.6 Å². The zero-order chi connectivity index (χ0) is 14.5. The van der Waals surface area contributed by atoms with Crippen LogP contribution in [0.3, 0.4) is 0 Å². The third kappa shape index (κ3) is 4.06. The Morgan fingerprint density at radius 3 is 2.75 bits per heavy atom. The number of halogens is 1. The lowest BCUT2D eigenvalue weighted by Crippen LogP contribution is -2.50. The molecule has 2 unspecified atom stereocenters. The van der Waals surface area contributed by atoms with E-state index in [0.29, 0.717) is 18.7 Å². The van der Waals surface area contributed by atoms with Gasteiger partial charge >= 0.3 is 6.03 Å². The van der Waals surface area contributed by atoms with Gasteiger partial charge in [-0.3, -0.25) is 0 Å². The van der Waals surface area contributed by atoms with Gasteiger partial charge in [0.1, 0.15) is 5.82 Å². The minimum Gasteiger partial charge on any atom is -0.372 e. The van der Waals surface area contributed by atoms with E-state index in [4.69, 9.17) is 4.74 Å². The predicted molar refractivity (Wildman–Crippen MR) is 75.5 cm³/mol. The van der Waals surface area contributed by atoms with Crippen LogP contribution in [0.25, 0.3) is 6.08 Å². The first-order valence-electron chi connectivity index (χ1n) is 6.67. The van der Waals surface area contributed by atoms with Crippen molar-refractivity contribution in [2.75, 3.05) is 13.1 Å². The fraction of sp³-hybridized carbons (Fsp3) is 0.400. The number of nitrogens with zero attached hydrogens (tertiary/aromatic N) is 1. The quantitative estimate of drug-likeness (QED) is 0.903. The van der Waals surface area contributed by atoms with Crippen LogP contribution in [0.15, 0.2) is 30.5 Å². The summed E-state index contributed by atoms with van der Waals surface area (Å²) >= 11 is 0. The van der Waals surface area contributed by atoms with Crippen LogP contribution in [0.1, 0.15) is 19.4 Å². The SMILES string of the molecule is CC1CN(C(=O)N/C=C/c2cccc(F)c2)CC(C)O1.